The Balaban J connectivity index is 4.16. The molecule has 202 valence electrons. The van der Waals surface area contributed by atoms with Crippen LogP contribution >= 0.6 is 0 Å². The lowest BCUT2D eigenvalue weighted by Gasteiger charge is -2.29. The van der Waals surface area contributed by atoms with Crippen molar-refractivity contribution < 1.29 is 39.2 Å². The minimum Gasteiger partial charge on any atom is -0.455 e. The van der Waals surface area contributed by atoms with Gasteiger partial charge in [0.15, 0.2) is 18.5 Å². The zero-order valence-electron chi connectivity index (χ0n) is 21.3. The SMILES string of the molecule is C=CC(=O)O[C@@H](C=O)[C@@H](OC(=O)CCCCCCC/C=C\CCCCCCCC)[C@H](O)[C@H](O)CO. The zero-order chi connectivity index (χ0) is 26.3. The molecule has 0 aliphatic rings. The molecule has 0 saturated heterocycles. The molecule has 8 heteroatoms. The van der Waals surface area contributed by atoms with Crippen molar-refractivity contribution in [1.29, 1.82) is 0 Å². The summed E-state index contributed by atoms with van der Waals surface area (Å²) in [4.78, 5) is 35.0. The Kier molecular flexibility index (Phi) is 21.1. The molecule has 8 nitrogen and oxygen atoms in total. The third-order valence-electron chi connectivity index (χ3n) is 5.70. The predicted octanol–water partition coefficient (Wildman–Crippen LogP) is 3.95. The van der Waals surface area contributed by atoms with Gasteiger partial charge in [-0.2, -0.15) is 0 Å². The number of aliphatic hydroxyl groups excluding tert-OH is 3. The van der Waals surface area contributed by atoms with Crippen LogP contribution in [0.5, 0.6) is 0 Å². The summed E-state index contributed by atoms with van der Waals surface area (Å²) in [5.41, 5.74) is 0. The monoisotopic (exact) mass is 498 g/mol. The van der Waals surface area contributed by atoms with Crippen LogP contribution < -0.4 is 0 Å². The molecule has 0 rings (SSSR count). The summed E-state index contributed by atoms with van der Waals surface area (Å²) in [5.74, 6) is -1.65. The van der Waals surface area contributed by atoms with Crippen LogP contribution in [0.25, 0.3) is 0 Å². The Morgan fingerprint density at radius 3 is 1.91 bits per heavy atom. The van der Waals surface area contributed by atoms with E-state index in [0.29, 0.717) is 6.42 Å². The summed E-state index contributed by atoms with van der Waals surface area (Å²) in [5, 5.41) is 28.9. The highest BCUT2D eigenvalue weighted by Crippen LogP contribution is 2.15. The number of esters is 2. The zero-order valence-corrected chi connectivity index (χ0v) is 21.3. The lowest BCUT2D eigenvalue weighted by Crippen LogP contribution is -2.50. The number of hydrogen-bond acceptors (Lipinski definition) is 8. The van der Waals surface area contributed by atoms with E-state index in [2.05, 4.69) is 25.7 Å². The summed E-state index contributed by atoms with van der Waals surface area (Å²) in [6.45, 7) is 4.61. The van der Waals surface area contributed by atoms with Crippen LogP contribution in [0.15, 0.2) is 24.8 Å². The molecule has 35 heavy (non-hydrogen) atoms. The smallest absolute Gasteiger partial charge is 0.330 e. The van der Waals surface area contributed by atoms with Crippen LogP contribution in [0.2, 0.25) is 0 Å². The number of carbonyl (C=O) groups excluding carboxylic acids is 3. The lowest BCUT2D eigenvalue weighted by atomic mass is 10.0. The van der Waals surface area contributed by atoms with Crippen molar-refractivity contribution in [3.63, 3.8) is 0 Å². The Morgan fingerprint density at radius 2 is 1.40 bits per heavy atom. The van der Waals surface area contributed by atoms with E-state index in [4.69, 9.17) is 14.6 Å². The molecule has 0 heterocycles. The third kappa shape index (κ3) is 17.1. The van der Waals surface area contributed by atoms with E-state index in [1.165, 1.54) is 38.5 Å². The summed E-state index contributed by atoms with van der Waals surface area (Å²) >= 11 is 0. The molecular formula is C27H46O8. The van der Waals surface area contributed by atoms with E-state index < -0.39 is 43.0 Å². The quantitative estimate of drug-likeness (QED) is 0.0635. The van der Waals surface area contributed by atoms with Gasteiger partial charge in [-0.3, -0.25) is 9.59 Å². The van der Waals surface area contributed by atoms with Crippen molar-refractivity contribution in [1.82, 2.24) is 0 Å². The number of aldehydes is 1. The van der Waals surface area contributed by atoms with Crippen LogP contribution in [0, 0.1) is 0 Å². The van der Waals surface area contributed by atoms with Gasteiger partial charge >= 0.3 is 11.9 Å². The van der Waals surface area contributed by atoms with Gasteiger partial charge in [-0.1, -0.05) is 77.0 Å². The van der Waals surface area contributed by atoms with Crippen LogP contribution in [0.3, 0.4) is 0 Å². The first-order valence-electron chi connectivity index (χ1n) is 13.0. The van der Waals surface area contributed by atoms with Crippen molar-refractivity contribution in [3.05, 3.63) is 24.8 Å². The number of ether oxygens (including phenoxy) is 2. The molecule has 0 aliphatic carbocycles. The van der Waals surface area contributed by atoms with Gasteiger partial charge in [-0.15, -0.1) is 0 Å². The lowest BCUT2D eigenvalue weighted by molar-refractivity contribution is -0.183. The van der Waals surface area contributed by atoms with Gasteiger partial charge in [0.05, 0.1) is 6.61 Å². The van der Waals surface area contributed by atoms with Crippen LogP contribution in [0.1, 0.15) is 96.8 Å². The molecule has 4 atom stereocenters. The topological polar surface area (TPSA) is 130 Å². The molecule has 3 N–H and O–H groups in total. The van der Waals surface area contributed by atoms with Crippen LogP contribution in [0.4, 0.5) is 0 Å². The molecule has 0 aliphatic heterocycles. The number of unbranched alkanes of at least 4 members (excludes halogenated alkanes) is 11. The first-order chi connectivity index (χ1) is 16.9. The minimum atomic E-state index is -1.81. The van der Waals surface area contributed by atoms with Crippen LogP contribution in [-0.2, 0) is 23.9 Å². The highest BCUT2D eigenvalue weighted by atomic mass is 16.6. The molecule has 0 fully saturated rings. The van der Waals surface area contributed by atoms with Crippen molar-refractivity contribution >= 4 is 18.2 Å². The van der Waals surface area contributed by atoms with Crippen molar-refractivity contribution in [3.8, 4) is 0 Å². The highest BCUT2D eigenvalue weighted by molar-refractivity contribution is 5.83. The number of allylic oxidation sites excluding steroid dienone is 2. The maximum Gasteiger partial charge on any atom is 0.330 e. The molecule has 0 unspecified atom stereocenters. The summed E-state index contributed by atoms with van der Waals surface area (Å²) in [7, 11) is 0. The second kappa shape index (κ2) is 22.4. The summed E-state index contributed by atoms with van der Waals surface area (Å²) in [6.07, 6.45) is 13.4. The summed E-state index contributed by atoms with van der Waals surface area (Å²) in [6, 6.07) is 0. The Hall–Kier alpha value is -2.03. The van der Waals surface area contributed by atoms with Gasteiger partial charge < -0.3 is 24.8 Å². The normalized spacial score (nSPS) is 14.7. The molecule has 0 saturated carbocycles. The molecule has 0 aromatic carbocycles. The fraction of sp³-hybridized carbons (Fsp3) is 0.741. The van der Waals surface area contributed by atoms with Gasteiger partial charge in [-0.05, 0) is 32.1 Å². The first kappa shape index (κ1) is 33.0. The Morgan fingerprint density at radius 1 is 0.857 bits per heavy atom. The number of aliphatic hydroxyl groups is 3. The Labute approximate surface area is 210 Å². The number of hydrogen-bond donors (Lipinski definition) is 3. The third-order valence-corrected chi connectivity index (χ3v) is 5.70. The standard InChI is InChI=1S/C27H46O8/c1-3-5-6-7-8-9-10-11-12-13-14-15-16-17-18-19-25(32)35-27(26(33)22(30)20-28)23(21-29)34-24(31)4-2/h4,11-12,21-23,26-28,30,33H,2-3,5-10,13-20H2,1H3/b12-11-/t22-,23+,26-,27-/m1/s1. The van der Waals surface area contributed by atoms with Crippen LogP contribution in [-0.4, -0.2) is 64.6 Å². The van der Waals surface area contributed by atoms with Gasteiger partial charge in [0.25, 0.3) is 0 Å². The fourth-order valence-electron chi connectivity index (χ4n) is 3.56. The van der Waals surface area contributed by atoms with Gasteiger partial charge in [-0.25, -0.2) is 4.79 Å². The molecule has 0 spiro atoms. The average molecular weight is 499 g/mol. The molecule has 0 bridgehead atoms. The van der Waals surface area contributed by atoms with E-state index in [-0.39, 0.29) is 12.7 Å². The molecule has 0 radical (unpaired) electrons. The average Bonchev–Trinajstić information content (AvgIpc) is 2.87. The second-order valence-electron chi connectivity index (χ2n) is 8.77. The Bertz CT molecular complexity index is 604. The minimum absolute atomic E-state index is 0.0532. The molecule has 0 aromatic heterocycles. The maximum atomic E-state index is 12.2. The fourth-order valence-corrected chi connectivity index (χ4v) is 3.56. The van der Waals surface area contributed by atoms with E-state index in [1.807, 2.05) is 0 Å². The van der Waals surface area contributed by atoms with E-state index in [0.717, 1.165) is 44.6 Å². The van der Waals surface area contributed by atoms with Crippen molar-refractivity contribution in [2.24, 2.45) is 0 Å². The van der Waals surface area contributed by atoms with E-state index in [1.54, 1.807) is 0 Å². The largest absolute Gasteiger partial charge is 0.455 e. The van der Waals surface area contributed by atoms with E-state index in [9.17, 15) is 24.6 Å². The molecule has 0 amide bonds. The summed E-state index contributed by atoms with van der Waals surface area (Å²) < 4.78 is 9.94. The first-order valence-corrected chi connectivity index (χ1v) is 13.0. The second-order valence-corrected chi connectivity index (χ2v) is 8.77. The maximum absolute atomic E-state index is 12.2. The number of carbonyl (C=O) groups is 3. The van der Waals surface area contributed by atoms with Gasteiger partial charge in [0.1, 0.15) is 12.2 Å². The van der Waals surface area contributed by atoms with Crippen molar-refractivity contribution in [2.45, 2.75) is 121 Å². The molecular weight excluding hydrogens is 452 g/mol. The van der Waals surface area contributed by atoms with E-state index >= 15 is 0 Å². The molecule has 0 aromatic rings. The van der Waals surface area contributed by atoms with Gasteiger partial charge in [0.2, 0.25) is 0 Å². The van der Waals surface area contributed by atoms with Gasteiger partial charge in [0, 0.05) is 12.5 Å². The predicted molar refractivity (Wildman–Crippen MR) is 135 cm³/mol. The van der Waals surface area contributed by atoms with Crippen molar-refractivity contribution in [2.75, 3.05) is 6.61 Å². The number of rotatable bonds is 23. The highest BCUT2D eigenvalue weighted by Gasteiger charge is 2.38.